The molecule has 0 radical (unpaired) electrons. The summed E-state index contributed by atoms with van der Waals surface area (Å²) >= 11 is 4.27. The van der Waals surface area contributed by atoms with E-state index < -0.39 is 11.7 Å². The lowest BCUT2D eigenvalue weighted by molar-refractivity contribution is 0.102. The van der Waals surface area contributed by atoms with E-state index in [9.17, 15) is 14.0 Å². The summed E-state index contributed by atoms with van der Waals surface area (Å²) in [4.78, 5) is 29.1. The van der Waals surface area contributed by atoms with Gasteiger partial charge in [0.15, 0.2) is 0 Å². The highest BCUT2D eigenvalue weighted by molar-refractivity contribution is 7.82. The second-order valence-electron chi connectivity index (χ2n) is 7.30. The Labute approximate surface area is 196 Å². The minimum Gasteiger partial charge on any atom is -0.337 e. The average molecular weight is 461 g/mol. The minimum atomic E-state index is -0.594. The molecule has 6 nitrogen and oxygen atoms in total. The van der Waals surface area contributed by atoms with Crippen molar-refractivity contribution >= 4 is 46.9 Å². The summed E-state index contributed by atoms with van der Waals surface area (Å²) in [7, 11) is 0. The first-order valence-corrected chi connectivity index (χ1v) is 10.7. The van der Waals surface area contributed by atoms with Crippen LogP contribution in [-0.2, 0) is 6.42 Å². The number of urea groups is 1. The standard InChI is InChI=1S/C25H21FN4O2S/c26-23-8-4-3-7-22(23)24(31)29-19-9-11-21(12-10-19)30(33)25(32)27-14-13-20-15-17-5-1-2-6-18(17)16-28-20/h1-12,15-16,33H,13-14H2,(H,27,32)(H,29,31). The lowest BCUT2D eigenvalue weighted by Crippen LogP contribution is -2.35. The number of anilines is 2. The number of thiol groups is 1. The van der Waals surface area contributed by atoms with E-state index in [1.807, 2.05) is 36.5 Å². The first-order chi connectivity index (χ1) is 16.0. The van der Waals surface area contributed by atoms with Crippen molar-refractivity contribution in [2.75, 3.05) is 16.2 Å². The Bertz CT molecular complexity index is 1300. The summed E-state index contributed by atoms with van der Waals surface area (Å²) < 4.78 is 14.9. The number of rotatable bonds is 6. The molecule has 0 saturated heterocycles. The number of aromatic nitrogens is 1. The molecule has 3 amide bonds. The molecular weight excluding hydrogens is 439 g/mol. The Hall–Kier alpha value is -3.91. The van der Waals surface area contributed by atoms with Crippen molar-refractivity contribution in [3.05, 3.63) is 102 Å². The molecule has 0 unspecified atom stereocenters. The van der Waals surface area contributed by atoms with Crippen LogP contribution in [-0.4, -0.2) is 23.5 Å². The molecular formula is C25H21FN4O2S. The highest BCUT2D eigenvalue weighted by Crippen LogP contribution is 2.20. The van der Waals surface area contributed by atoms with Gasteiger partial charge in [-0.15, -0.1) is 0 Å². The van der Waals surface area contributed by atoms with Gasteiger partial charge in [0, 0.05) is 35.9 Å². The van der Waals surface area contributed by atoms with Crippen molar-refractivity contribution < 1.29 is 14.0 Å². The molecule has 4 rings (SSSR count). The van der Waals surface area contributed by atoms with Crippen molar-refractivity contribution in [3.63, 3.8) is 0 Å². The molecule has 0 aliphatic rings. The highest BCUT2D eigenvalue weighted by atomic mass is 32.1. The third kappa shape index (κ3) is 5.48. The summed E-state index contributed by atoms with van der Waals surface area (Å²) in [6.45, 7) is 0.401. The molecule has 0 saturated carbocycles. The topological polar surface area (TPSA) is 74.3 Å². The van der Waals surface area contributed by atoms with Gasteiger partial charge in [-0.25, -0.2) is 13.5 Å². The van der Waals surface area contributed by atoms with Crippen molar-refractivity contribution in [2.45, 2.75) is 6.42 Å². The Morgan fingerprint density at radius 2 is 1.64 bits per heavy atom. The smallest absolute Gasteiger partial charge is 0.331 e. The number of carbonyl (C=O) groups is 2. The van der Waals surface area contributed by atoms with Gasteiger partial charge in [-0.05, 0) is 47.9 Å². The molecule has 8 heteroatoms. The van der Waals surface area contributed by atoms with Gasteiger partial charge in [0.05, 0.1) is 11.3 Å². The molecule has 0 fully saturated rings. The normalized spacial score (nSPS) is 10.6. The SMILES string of the molecule is O=C(Nc1ccc(N(S)C(=O)NCCc2cc3ccccc3cn2)cc1)c1ccccc1F. The van der Waals surface area contributed by atoms with Gasteiger partial charge in [0.25, 0.3) is 5.91 Å². The van der Waals surface area contributed by atoms with E-state index in [0.717, 1.165) is 16.5 Å². The minimum absolute atomic E-state index is 0.0438. The van der Waals surface area contributed by atoms with E-state index in [1.165, 1.54) is 22.5 Å². The molecule has 0 bridgehead atoms. The first-order valence-electron chi connectivity index (χ1n) is 10.3. The fraction of sp³-hybridized carbons (Fsp3) is 0.0800. The Balaban J connectivity index is 1.30. The first kappa shape index (κ1) is 22.3. The van der Waals surface area contributed by atoms with E-state index in [1.54, 1.807) is 30.3 Å². The maximum absolute atomic E-state index is 13.8. The van der Waals surface area contributed by atoms with Crippen LogP contribution in [0.2, 0.25) is 0 Å². The summed E-state index contributed by atoms with van der Waals surface area (Å²) in [6.07, 6.45) is 2.41. The number of nitrogens with zero attached hydrogens (tertiary/aromatic N) is 2. The van der Waals surface area contributed by atoms with Gasteiger partial charge in [0.1, 0.15) is 5.82 Å². The Morgan fingerprint density at radius 3 is 2.39 bits per heavy atom. The molecule has 2 N–H and O–H groups in total. The van der Waals surface area contributed by atoms with Crippen LogP contribution in [0.5, 0.6) is 0 Å². The number of benzene rings is 3. The van der Waals surface area contributed by atoms with Gasteiger partial charge >= 0.3 is 6.03 Å². The van der Waals surface area contributed by atoms with E-state index in [2.05, 4.69) is 28.4 Å². The number of halogens is 1. The molecule has 0 aliphatic carbocycles. The number of hydrogen-bond acceptors (Lipinski definition) is 4. The van der Waals surface area contributed by atoms with Gasteiger partial charge in [0.2, 0.25) is 0 Å². The predicted octanol–water partition coefficient (Wildman–Crippen LogP) is 5.23. The molecule has 1 heterocycles. The van der Waals surface area contributed by atoms with Gasteiger partial charge < -0.3 is 10.6 Å². The number of pyridine rings is 1. The molecule has 166 valence electrons. The molecule has 0 aliphatic heterocycles. The summed E-state index contributed by atoms with van der Waals surface area (Å²) in [5.41, 5.74) is 1.83. The van der Waals surface area contributed by atoms with E-state index in [4.69, 9.17) is 0 Å². The highest BCUT2D eigenvalue weighted by Gasteiger charge is 2.14. The predicted molar refractivity (Wildman–Crippen MR) is 131 cm³/mol. The average Bonchev–Trinajstić information content (AvgIpc) is 2.84. The number of amides is 3. The van der Waals surface area contributed by atoms with Crippen molar-refractivity contribution in [1.29, 1.82) is 0 Å². The number of carbonyl (C=O) groups excluding carboxylic acids is 2. The quantitative estimate of drug-likeness (QED) is 0.345. The molecule has 33 heavy (non-hydrogen) atoms. The summed E-state index contributed by atoms with van der Waals surface area (Å²) in [5.74, 6) is -1.15. The van der Waals surface area contributed by atoms with Crippen LogP contribution < -0.4 is 14.9 Å². The molecule has 0 spiro atoms. The molecule has 4 aromatic rings. The molecule has 1 aromatic heterocycles. The van der Waals surface area contributed by atoms with Crippen LogP contribution in [0.25, 0.3) is 10.8 Å². The Kier molecular flexibility index (Phi) is 6.85. The largest absolute Gasteiger partial charge is 0.337 e. The maximum Gasteiger partial charge on any atom is 0.331 e. The fourth-order valence-corrected chi connectivity index (χ4v) is 3.49. The molecule has 3 aromatic carbocycles. The lowest BCUT2D eigenvalue weighted by Gasteiger charge is -2.17. The van der Waals surface area contributed by atoms with Crippen molar-refractivity contribution in [3.8, 4) is 0 Å². The van der Waals surface area contributed by atoms with E-state index in [0.29, 0.717) is 24.3 Å². The second kappa shape index (κ2) is 10.1. The van der Waals surface area contributed by atoms with Crippen LogP contribution in [0.15, 0.2) is 85.1 Å². The van der Waals surface area contributed by atoms with E-state index in [-0.39, 0.29) is 11.6 Å². The summed E-state index contributed by atoms with van der Waals surface area (Å²) in [6, 6.07) is 21.8. The van der Waals surface area contributed by atoms with Gasteiger partial charge in [-0.2, -0.15) is 0 Å². The number of fused-ring (bicyclic) bond motifs is 1. The van der Waals surface area contributed by atoms with Gasteiger partial charge in [-0.3, -0.25) is 9.78 Å². The van der Waals surface area contributed by atoms with Crippen molar-refractivity contribution in [2.24, 2.45) is 0 Å². The zero-order valence-corrected chi connectivity index (χ0v) is 18.4. The van der Waals surface area contributed by atoms with Crippen LogP contribution in [0, 0.1) is 5.82 Å². The lowest BCUT2D eigenvalue weighted by atomic mass is 10.1. The van der Waals surface area contributed by atoms with Crippen molar-refractivity contribution in [1.82, 2.24) is 10.3 Å². The third-order valence-electron chi connectivity index (χ3n) is 5.03. The van der Waals surface area contributed by atoms with E-state index >= 15 is 0 Å². The van der Waals surface area contributed by atoms with Gasteiger partial charge in [-0.1, -0.05) is 49.2 Å². The summed E-state index contributed by atoms with van der Waals surface area (Å²) in [5, 5.41) is 7.61. The monoisotopic (exact) mass is 460 g/mol. The Morgan fingerprint density at radius 1 is 0.939 bits per heavy atom. The zero-order chi connectivity index (χ0) is 23.2. The number of nitrogens with one attached hydrogen (secondary N) is 2. The zero-order valence-electron chi connectivity index (χ0n) is 17.5. The van der Waals surface area contributed by atoms with Crippen LogP contribution in [0.3, 0.4) is 0 Å². The maximum atomic E-state index is 13.8. The molecule has 0 atom stereocenters. The second-order valence-corrected chi connectivity index (χ2v) is 7.70. The third-order valence-corrected chi connectivity index (χ3v) is 5.44. The number of hydrogen-bond donors (Lipinski definition) is 3. The van der Waals surface area contributed by atoms with Crippen LogP contribution in [0.4, 0.5) is 20.6 Å². The van der Waals surface area contributed by atoms with Crippen LogP contribution >= 0.6 is 12.8 Å². The fourth-order valence-electron chi connectivity index (χ4n) is 3.29. The van der Waals surface area contributed by atoms with Crippen LogP contribution in [0.1, 0.15) is 16.1 Å².